The van der Waals surface area contributed by atoms with Crippen LogP contribution in [0.15, 0.2) is 24.3 Å². The van der Waals surface area contributed by atoms with Crippen LogP contribution in [-0.4, -0.2) is 71.0 Å². The third kappa shape index (κ3) is 26.2. The van der Waals surface area contributed by atoms with E-state index in [2.05, 4.69) is 5.32 Å². The zero-order valence-electron chi connectivity index (χ0n) is 13.5. The molecule has 1 aromatic carbocycles. The van der Waals surface area contributed by atoms with E-state index in [4.69, 9.17) is 33.5 Å². The lowest BCUT2D eigenvalue weighted by molar-refractivity contribution is 0.322. The zero-order valence-corrected chi connectivity index (χ0v) is 15.9. The minimum absolute atomic E-state index is 0.273. The summed E-state index contributed by atoms with van der Waals surface area (Å²) in [5.41, 5.74) is 7.34. The van der Waals surface area contributed by atoms with Crippen LogP contribution in [0.4, 0.5) is 11.4 Å². The molecule has 0 saturated heterocycles. The smallest absolute Gasteiger partial charge is 0.394 e. The summed E-state index contributed by atoms with van der Waals surface area (Å²) in [7, 11) is -2.79. The first-order valence-electron chi connectivity index (χ1n) is 6.85. The van der Waals surface area contributed by atoms with Crippen LogP contribution in [-0.2, 0) is 10.4 Å². The van der Waals surface area contributed by atoms with Crippen molar-refractivity contribution in [2.45, 2.75) is 0 Å². The Morgan fingerprint density at radius 1 is 0.958 bits per heavy atom. The van der Waals surface area contributed by atoms with Gasteiger partial charge < -0.3 is 21.3 Å². The summed E-state index contributed by atoms with van der Waals surface area (Å²) >= 11 is 3.50. The van der Waals surface area contributed by atoms with Gasteiger partial charge in [0.05, 0.1) is 13.2 Å². The fourth-order valence-electron chi connectivity index (χ4n) is 1.10. The summed E-state index contributed by atoms with van der Waals surface area (Å²) < 4.78 is 31.6. The van der Waals surface area contributed by atoms with Crippen molar-refractivity contribution in [3.63, 3.8) is 0 Å². The predicted octanol–water partition coefficient (Wildman–Crippen LogP) is 1.10. The van der Waals surface area contributed by atoms with Gasteiger partial charge in [0.25, 0.3) is 0 Å². The molecule has 0 atom stereocenters. The van der Waals surface area contributed by atoms with Gasteiger partial charge in [-0.2, -0.15) is 31.9 Å². The van der Waals surface area contributed by atoms with Crippen LogP contribution in [0.3, 0.4) is 0 Å². The molecule has 1 aromatic rings. The lowest BCUT2D eigenvalue weighted by Crippen LogP contribution is -1.93. The number of hydrogen-bond donors (Lipinski definition) is 6. The molecular weight excluding hydrogens is 376 g/mol. The Morgan fingerprint density at radius 2 is 1.33 bits per heavy atom. The molecule has 0 unspecified atom stereocenters. The van der Waals surface area contributed by atoms with Crippen molar-refractivity contribution in [3.8, 4) is 0 Å². The third-order valence-electron chi connectivity index (χ3n) is 2.04. The van der Waals surface area contributed by atoms with Gasteiger partial charge in [-0.3, -0.25) is 9.11 Å². The number of aliphatic hydroxyl groups excluding tert-OH is 2. The van der Waals surface area contributed by atoms with Crippen LogP contribution < -0.4 is 11.1 Å². The first-order chi connectivity index (χ1) is 11.2. The second-order valence-electron chi connectivity index (χ2n) is 3.99. The van der Waals surface area contributed by atoms with E-state index >= 15 is 0 Å². The first kappa shape index (κ1) is 25.5. The van der Waals surface area contributed by atoms with Crippen LogP contribution in [0, 0.1) is 0 Å². The van der Waals surface area contributed by atoms with Gasteiger partial charge in [-0.25, -0.2) is 0 Å². The molecule has 7 N–H and O–H groups in total. The molecule has 0 aliphatic heterocycles. The summed E-state index contributed by atoms with van der Waals surface area (Å²) in [5, 5.41) is 19.8. The number of hydrogen-bond acceptors (Lipinski definition) is 8. The minimum Gasteiger partial charge on any atom is -0.399 e. The molecule has 0 aliphatic rings. The summed E-state index contributed by atoms with van der Waals surface area (Å²) in [6.07, 6.45) is 0. The number of benzene rings is 1. The summed E-state index contributed by atoms with van der Waals surface area (Å²) in [4.78, 5) is 0. The lowest BCUT2D eigenvalue weighted by Gasteiger charge is -1.97. The van der Waals surface area contributed by atoms with Gasteiger partial charge in [0.2, 0.25) is 0 Å². The van der Waals surface area contributed by atoms with E-state index < -0.39 is 10.4 Å². The third-order valence-corrected chi connectivity index (χ3v) is 4.23. The molecule has 0 saturated carbocycles. The van der Waals surface area contributed by atoms with Crippen molar-refractivity contribution in [1.82, 2.24) is 0 Å². The highest BCUT2D eigenvalue weighted by molar-refractivity contribution is 8.02. The molecule has 0 radical (unpaired) electrons. The van der Waals surface area contributed by atoms with E-state index in [-0.39, 0.29) is 13.2 Å². The fourth-order valence-corrected chi connectivity index (χ4v) is 2.71. The Kier molecular flexibility index (Phi) is 18.2. The van der Waals surface area contributed by atoms with Crippen LogP contribution >= 0.6 is 23.5 Å². The maximum absolute atomic E-state index is 8.74. The molecule has 0 amide bonds. The lowest BCUT2D eigenvalue weighted by atomic mass is 10.3. The minimum atomic E-state index is -4.67. The van der Waals surface area contributed by atoms with E-state index in [1.54, 1.807) is 23.5 Å². The second-order valence-corrected chi connectivity index (χ2v) is 7.34. The van der Waals surface area contributed by atoms with Crippen molar-refractivity contribution >= 4 is 45.3 Å². The number of rotatable bonds is 8. The number of nitrogens with one attached hydrogen (secondary N) is 1. The number of anilines is 2. The van der Waals surface area contributed by atoms with Crippen molar-refractivity contribution in [2.75, 3.05) is 54.3 Å². The Hall–Kier alpha value is -0.690. The Bertz CT molecular complexity index is 469. The molecule has 0 spiro atoms. The van der Waals surface area contributed by atoms with Gasteiger partial charge in [0.15, 0.2) is 0 Å². The molecule has 1 rings (SSSR count). The highest BCUT2D eigenvalue weighted by atomic mass is 32.3. The van der Waals surface area contributed by atoms with Gasteiger partial charge >= 0.3 is 10.4 Å². The topological polar surface area (TPSA) is 153 Å². The standard InChI is InChI=1S/C7H10N2.C6H14O2S2.H2O4S/c1-9-7-4-2-6(8)3-5-7;7-1-3-9-5-6-10-4-2-8;1-5(2,3)4/h2-5,9H,8H2,1H3;7-8H,1-6H2;(H2,1,2,3,4). The first-order valence-corrected chi connectivity index (χ1v) is 10.6. The van der Waals surface area contributed by atoms with Crippen molar-refractivity contribution in [1.29, 1.82) is 0 Å². The van der Waals surface area contributed by atoms with E-state index in [9.17, 15) is 0 Å². The van der Waals surface area contributed by atoms with E-state index in [0.29, 0.717) is 0 Å². The largest absolute Gasteiger partial charge is 0.399 e. The highest BCUT2D eigenvalue weighted by Crippen LogP contribution is 2.08. The van der Waals surface area contributed by atoms with E-state index in [1.165, 1.54) is 0 Å². The van der Waals surface area contributed by atoms with Gasteiger partial charge in [-0.05, 0) is 24.3 Å². The van der Waals surface area contributed by atoms with Gasteiger partial charge in [-0.1, -0.05) is 0 Å². The Balaban J connectivity index is 0. The van der Waals surface area contributed by atoms with Gasteiger partial charge in [-0.15, -0.1) is 0 Å². The van der Waals surface area contributed by atoms with Gasteiger partial charge in [0.1, 0.15) is 0 Å². The van der Waals surface area contributed by atoms with Crippen LogP contribution in [0.2, 0.25) is 0 Å². The average molecular weight is 403 g/mol. The molecule has 142 valence electrons. The number of nitrogen functional groups attached to an aromatic ring is 1. The van der Waals surface area contributed by atoms with Gasteiger partial charge in [0, 0.05) is 41.4 Å². The molecular formula is C13H26N2O6S3. The molecule has 0 aromatic heterocycles. The summed E-state index contributed by atoms with van der Waals surface area (Å²) in [5.74, 6) is 3.82. The molecule has 0 fully saturated rings. The maximum atomic E-state index is 8.74. The quantitative estimate of drug-likeness (QED) is 0.212. The SMILES string of the molecule is CNc1ccc(N)cc1.O=S(=O)(O)O.OCCSCCSCCO. The monoisotopic (exact) mass is 402 g/mol. The average Bonchev–Trinajstić information content (AvgIpc) is 2.51. The number of aliphatic hydroxyl groups is 2. The summed E-state index contributed by atoms with van der Waals surface area (Å²) in [6, 6.07) is 7.61. The molecule has 24 heavy (non-hydrogen) atoms. The molecule has 11 heteroatoms. The van der Waals surface area contributed by atoms with E-state index in [1.807, 2.05) is 31.3 Å². The predicted molar refractivity (Wildman–Crippen MR) is 103 cm³/mol. The number of nitrogens with two attached hydrogens (primary N) is 1. The number of thioether (sulfide) groups is 2. The zero-order chi connectivity index (χ0) is 18.8. The fraction of sp³-hybridized carbons (Fsp3) is 0.538. The summed E-state index contributed by atoms with van der Waals surface area (Å²) in [6.45, 7) is 0.546. The normalized spacial score (nSPS) is 10.0. The van der Waals surface area contributed by atoms with Crippen LogP contribution in [0.25, 0.3) is 0 Å². The van der Waals surface area contributed by atoms with Crippen molar-refractivity contribution < 1.29 is 27.7 Å². The molecule has 0 heterocycles. The van der Waals surface area contributed by atoms with Crippen LogP contribution in [0.5, 0.6) is 0 Å². The molecule has 8 nitrogen and oxygen atoms in total. The second kappa shape index (κ2) is 17.1. The van der Waals surface area contributed by atoms with Crippen molar-refractivity contribution in [2.24, 2.45) is 0 Å². The highest BCUT2D eigenvalue weighted by Gasteiger charge is 1.88. The van der Waals surface area contributed by atoms with Crippen LogP contribution in [0.1, 0.15) is 0 Å². The van der Waals surface area contributed by atoms with Crippen molar-refractivity contribution in [3.05, 3.63) is 24.3 Å². The Labute approximate surface area is 151 Å². The maximum Gasteiger partial charge on any atom is 0.394 e. The molecule has 0 aliphatic carbocycles. The molecule has 0 bridgehead atoms. The Morgan fingerprint density at radius 3 is 1.62 bits per heavy atom. The van der Waals surface area contributed by atoms with E-state index in [0.717, 1.165) is 34.4 Å².